The number of carbonyl (C=O) groups excluding carboxylic acids is 1. The molecule has 0 aromatic heterocycles. The number of ketones is 1. The van der Waals surface area contributed by atoms with Gasteiger partial charge in [0.05, 0.1) is 22.6 Å². The van der Waals surface area contributed by atoms with Crippen LogP contribution in [0.25, 0.3) is 0 Å². The first-order valence-corrected chi connectivity index (χ1v) is 15.3. The molecule has 0 bridgehead atoms. The number of Topliss-reactive ketones (excluding diaryl/α,β-unsaturated/α-hetero) is 1. The SMILES string of the molecule is Cc1cccc(N2C(N)=C(C#N)C(c3cc(C)cc(CSc4cc(Cl)ccc4Cl)c3C)C3=C2CC(C)(C)CC3=O)c1. The molecule has 41 heavy (non-hydrogen) atoms. The second-order valence-corrected chi connectivity index (χ2v) is 13.7. The van der Waals surface area contributed by atoms with Crippen LogP contribution in [0, 0.1) is 37.5 Å². The lowest BCUT2D eigenvalue weighted by atomic mass is 9.68. The van der Waals surface area contributed by atoms with E-state index in [2.05, 4.69) is 39.0 Å². The van der Waals surface area contributed by atoms with Gasteiger partial charge in [-0.2, -0.15) is 5.26 Å². The minimum atomic E-state index is -0.530. The molecule has 2 N–H and O–H groups in total. The van der Waals surface area contributed by atoms with E-state index in [9.17, 15) is 10.1 Å². The molecule has 210 valence electrons. The summed E-state index contributed by atoms with van der Waals surface area (Å²) in [7, 11) is 0. The Morgan fingerprint density at radius 1 is 1.05 bits per heavy atom. The third-order valence-electron chi connectivity index (χ3n) is 7.93. The first-order valence-electron chi connectivity index (χ1n) is 13.6. The zero-order valence-corrected chi connectivity index (χ0v) is 26.3. The van der Waals surface area contributed by atoms with Crippen LogP contribution in [-0.2, 0) is 10.5 Å². The van der Waals surface area contributed by atoms with Crippen LogP contribution in [0.2, 0.25) is 10.0 Å². The summed E-state index contributed by atoms with van der Waals surface area (Å²) >= 11 is 14.3. The molecule has 0 fully saturated rings. The third kappa shape index (κ3) is 5.66. The molecule has 1 atom stereocenters. The third-order valence-corrected chi connectivity index (χ3v) is 9.71. The maximum atomic E-state index is 14.0. The number of nitrogens with zero attached hydrogens (tertiary/aromatic N) is 2. The Hall–Kier alpha value is -3.17. The van der Waals surface area contributed by atoms with Crippen LogP contribution in [0.5, 0.6) is 0 Å². The Morgan fingerprint density at radius 2 is 1.80 bits per heavy atom. The van der Waals surface area contributed by atoms with Crippen molar-refractivity contribution < 1.29 is 4.79 Å². The van der Waals surface area contributed by atoms with Crippen molar-refractivity contribution in [2.45, 2.75) is 64.0 Å². The van der Waals surface area contributed by atoms with E-state index in [0.717, 1.165) is 44.1 Å². The minimum Gasteiger partial charge on any atom is -0.384 e. The second kappa shape index (κ2) is 11.2. The number of nitrogens with two attached hydrogens (primary N) is 1. The van der Waals surface area contributed by atoms with Crippen molar-refractivity contribution in [3.63, 3.8) is 0 Å². The van der Waals surface area contributed by atoms with Crippen LogP contribution in [-0.4, -0.2) is 5.78 Å². The summed E-state index contributed by atoms with van der Waals surface area (Å²) in [6.45, 7) is 10.4. The molecule has 7 heteroatoms. The van der Waals surface area contributed by atoms with Gasteiger partial charge in [0.15, 0.2) is 5.78 Å². The van der Waals surface area contributed by atoms with Gasteiger partial charge in [0, 0.05) is 39.0 Å². The molecular weight excluding hydrogens is 569 g/mol. The largest absolute Gasteiger partial charge is 0.384 e. The summed E-state index contributed by atoms with van der Waals surface area (Å²) in [6, 6.07) is 20.2. The molecule has 0 amide bonds. The van der Waals surface area contributed by atoms with Crippen molar-refractivity contribution in [3.8, 4) is 6.07 Å². The summed E-state index contributed by atoms with van der Waals surface area (Å²) in [6.07, 6.45) is 1.10. The van der Waals surface area contributed by atoms with Crippen LogP contribution in [0.4, 0.5) is 5.69 Å². The molecule has 4 nitrogen and oxygen atoms in total. The minimum absolute atomic E-state index is 0.0710. The number of benzene rings is 3. The standard InChI is InChI=1S/C34H33Cl2N3OS/c1-19-7-6-8-24(12-19)39-28-15-34(4,5)16-29(40)32(28)31(26(17-37)33(39)38)25-13-20(2)11-22(21(25)3)18-41-30-14-23(35)9-10-27(30)36/h6-14,31H,15-16,18,38H2,1-5H3. The monoisotopic (exact) mass is 601 g/mol. The summed E-state index contributed by atoms with van der Waals surface area (Å²) < 4.78 is 0. The average Bonchev–Trinajstić information content (AvgIpc) is 2.89. The van der Waals surface area contributed by atoms with E-state index in [1.165, 1.54) is 0 Å². The van der Waals surface area contributed by atoms with Gasteiger partial charge in [0.2, 0.25) is 0 Å². The highest BCUT2D eigenvalue weighted by Gasteiger charge is 2.45. The molecule has 0 spiro atoms. The summed E-state index contributed by atoms with van der Waals surface area (Å²) in [5, 5.41) is 11.8. The van der Waals surface area contributed by atoms with Gasteiger partial charge in [-0.1, -0.05) is 66.9 Å². The molecule has 0 radical (unpaired) electrons. The zero-order chi connectivity index (χ0) is 29.6. The number of aryl methyl sites for hydroxylation is 2. The first kappa shape index (κ1) is 29.3. The highest BCUT2D eigenvalue weighted by molar-refractivity contribution is 7.98. The van der Waals surface area contributed by atoms with Crippen molar-refractivity contribution in [2.24, 2.45) is 11.1 Å². The number of anilines is 1. The van der Waals surface area contributed by atoms with Crippen molar-refractivity contribution in [2.75, 3.05) is 4.90 Å². The van der Waals surface area contributed by atoms with Gasteiger partial charge in [0.25, 0.3) is 0 Å². The average molecular weight is 603 g/mol. The normalized spacial score (nSPS) is 18.4. The lowest BCUT2D eigenvalue weighted by molar-refractivity contribution is -0.118. The molecule has 5 rings (SSSR count). The molecule has 3 aromatic carbocycles. The lowest BCUT2D eigenvalue weighted by Crippen LogP contribution is -2.42. The van der Waals surface area contributed by atoms with E-state index >= 15 is 0 Å². The number of nitriles is 1. The van der Waals surface area contributed by atoms with Gasteiger partial charge < -0.3 is 5.73 Å². The van der Waals surface area contributed by atoms with Crippen molar-refractivity contribution in [1.29, 1.82) is 5.26 Å². The van der Waals surface area contributed by atoms with E-state index in [1.54, 1.807) is 23.9 Å². The lowest BCUT2D eigenvalue weighted by Gasteiger charge is -2.44. The Kier molecular flexibility index (Phi) is 8.05. The molecule has 3 aromatic rings. The maximum Gasteiger partial charge on any atom is 0.162 e. The fraction of sp³-hybridized carbons (Fsp3) is 0.294. The van der Waals surface area contributed by atoms with E-state index in [0.29, 0.717) is 45.6 Å². The number of thioether (sulfide) groups is 1. The summed E-state index contributed by atoms with van der Waals surface area (Å²) in [4.78, 5) is 16.9. The van der Waals surface area contributed by atoms with Crippen LogP contribution < -0.4 is 10.6 Å². The Morgan fingerprint density at radius 3 is 2.51 bits per heavy atom. The van der Waals surface area contributed by atoms with Gasteiger partial charge >= 0.3 is 0 Å². The Labute approximate surface area is 256 Å². The molecule has 0 saturated heterocycles. The second-order valence-electron chi connectivity index (χ2n) is 11.8. The van der Waals surface area contributed by atoms with Crippen LogP contribution >= 0.6 is 35.0 Å². The number of allylic oxidation sites excluding steroid dienone is 3. The molecule has 1 aliphatic heterocycles. The smallest absolute Gasteiger partial charge is 0.162 e. The molecule has 2 aliphatic rings. The highest BCUT2D eigenvalue weighted by Crippen LogP contribution is 2.51. The van der Waals surface area contributed by atoms with Gasteiger partial charge in [-0.15, -0.1) is 11.8 Å². The topological polar surface area (TPSA) is 70.1 Å². The molecule has 1 aliphatic carbocycles. The molecule has 1 unspecified atom stereocenters. The van der Waals surface area contributed by atoms with Gasteiger partial charge in [-0.3, -0.25) is 9.69 Å². The summed E-state index contributed by atoms with van der Waals surface area (Å²) in [5.41, 5.74) is 14.7. The molecule has 1 heterocycles. The Bertz CT molecular complexity index is 1680. The fourth-order valence-electron chi connectivity index (χ4n) is 6.04. The number of hydrogen-bond acceptors (Lipinski definition) is 5. The van der Waals surface area contributed by atoms with Crippen LogP contribution in [0.1, 0.15) is 60.4 Å². The van der Waals surface area contributed by atoms with E-state index in [-0.39, 0.29) is 11.2 Å². The quantitative estimate of drug-likeness (QED) is 0.295. The number of carbonyl (C=O) groups is 1. The first-order chi connectivity index (χ1) is 19.4. The van der Waals surface area contributed by atoms with Crippen LogP contribution in [0.3, 0.4) is 0 Å². The molecular formula is C34H33Cl2N3OS. The maximum absolute atomic E-state index is 14.0. The number of halogens is 2. The fourth-order valence-corrected chi connectivity index (χ4v) is 7.58. The predicted molar refractivity (Wildman–Crippen MR) is 170 cm³/mol. The van der Waals surface area contributed by atoms with Crippen molar-refractivity contribution in [3.05, 3.63) is 115 Å². The van der Waals surface area contributed by atoms with E-state index in [1.807, 2.05) is 49.1 Å². The van der Waals surface area contributed by atoms with Crippen molar-refractivity contribution >= 4 is 46.4 Å². The highest BCUT2D eigenvalue weighted by atomic mass is 35.5. The number of rotatable bonds is 5. The molecule has 0 saturated carbocycles. The van der Waals surface area contributed by atoms with Gasteiger partial charge in [-0.05, 0) is 85.2 Å². The summed E-state index contributed by atoms with van der Waals surface area (Å²) in [5.74, 6) is 0.589. The van der Waals surface area contributed by atoms with Crippen molar-refractivity contribution in [1.82, 2.24) is 0 Å². The van der Waals surface area contributed by atoms with E-state index < -0.39 is 5.92 Å². The van der Waals surface area contributed by atoms with Gasteiger partial charge in [0.1, 0.15) is 5.82 Å². The van der Waals surface area contributed by atoms with Crippen LogP contribution in [0.15, 0.2) is 82.2 Å². The number of hydrogen-bond donors (Lipinski definition) is 1. The predicted octanol–water partition coefficient (Wildman–Crippen LogP) is 9.15. The Balaban J connectivity index is 1.67. The van der Waals surface area contributed by atoms with Gasteiger partial charge in [-0.25, -0.2) is 0 Å². The van der Waals surface area contributed by atoms with E-state index in [4.69, 9.17) is 28.9 Å². The zero-order valence-electron chi connectivity index (χ0n) is 23.9.